The molecular formula is C11H12BNO2. The van der Waals surface area contributed by atoms with Crippen LogP contribution in [0.25, 0.3) is 10.8 Å². The monoisotopic (exact) mass is 201 g/mol. The van der Waals surface area contributed by atoms with Crippen LogP contribution in [0.3, 0.4) is 0 Å². The number of nitrogens with one attached hydrogen (secondary N) is 1. The summed E-state index contributed by atoms with van der Waals surface area (Å²) in [6.07, 6.45) is 0. The lowest BCUT2D eigenvalue weighted by molar-refractivity contribution is 0.426. The zero-order valence-electron chi connectivity index (χ0n) is 8.44. The Labute approximate surface area is 88.5 Å². The van der Waals surface area contributed by atoms with Gasteiger partial charge in [-0.25, -0.2) is 0 Å². The van der Waals surface area contributed by atoms with Gasteiger partial charge in [0.25, 0.3) is 0 Å². The number of anilines is 1. The highest BCUT2D eigenvalue weighted by molar-refractivity contribution is 6.58. The van der Waals surface area contributed by atoms with Gasteiger partial charge in [0.2, 0.25) is 0 Å². The van der Waals surface area contributed by atoms with Crippen LogP contribution in [0.2, 0.25) is 0 Å². The lowest BCUT2D eigenvalue weighted by Gasteiger charge is -2.05. The fourth-order valence-electron chi connectivity index (χ4n) is 1.58. The van der Waals surface area contributed by atoms with Crippen molar-refractivity contribution in [3.8, 4) is 0 Å². The highest BCUT2D eigenvalue weighted by Gasteiger charge is 2.10. The van der Waals surface area contributed by atoms with Gasteiger partial charge < -0.3 is 15.4 Å². The largest absolute Gasteiger partial charge is 0.488 e. The topological polar surface area (TPSA) is 52.5 Å². The average molecular weight is 201 g/mol. The van der Waals surface area contributed by atoms with Crippen LogP contribution >= 0.6 is 0 Å². The Morgan fingerprint density at radius 3 is 2.33 bits per heavy atom. The second-order valence-corrected chi connectivity index (χ2v) is 3.45. The van der Waals surface area contributed by atoms with Crippen molar-refractivity contribution < 1.29 is 10.0 Å². The van der Waals surface area contributed by atoms with Gasteiger partial charge >= 0.3 is 7.12 Å². The predicted octanol–water partition coefficient (Wildman–Crippen LogP) is 0.561. The van der Waals surface area contributed by atoms with E-state index in [0.29, 0.717) is 5.46 Å². The van der Waals surface area contributed by atoms with Crippen LogP contribution in [0.5, 0.6) is 0 Å². The molecule has 3 nitrogen and oxygen atoms in total. The molecule has 2 aromatic carbocycles. The van der Waals surface area contributed by atoms with Crippen LogP contribution in [0.1, 0.15) is 0 Å². The molecule has 0 heterocycles. The van der Waals surface area contributed by atoms with E-state index in [9.17, 15) is 0 Å². The van der Waals surface area contributed by atoms with Crippen molar-refractivity contribution in [2.24, 2.45) is 0 Å². The number of hydrogen-bond donors (Lipinski definition) is 3. The molecule has 0 aliphatic heterocycles. The Bertz CT molecular complexity index is 485. The maximum atomic E-state index is 9.03. The first-order valence-electron chi connectivity index (χ1n) is 4.78. The van der Waals surface area contributed by atoms with Crippen LogP contribution in [0, 0.1) is 0 Å². The Kier molecular flexibility index (Phi) is 2.62. The number of hydrogen-bond acceptors (Lipinski definition) is 3. The van der Waals surface area contributed by atoms with E-state index in [2.05, 4.69) is 5.32 Å². The van der Waals surface area contributed by atoms with Gasteiger partial charge in [0.15, 0.2) is 0 Å². The van der Waals surface area contributed by atoms with E-state index in [1.54, 1.807) is 12.1 Å². The summed E-state index contributed by atoms with van der Waals surface area (Å²) >= 11 is 0. The van der Waals surface area contributed by atoms with Crippen molar-refractivity contribution >= 4 is 29.0 Å². The van der Waals surface area contributed by atoms with E-state index in [1.807, 2.05) is 31.3 Å². The molecule has 0 saturated heterocycles. The highest BCUT2D eigenvalue weighted by atomic mass is 16.4. The minimum absolute atomic E-state index is 0.514. The van der Waals surface area contributed by atoms with E-state index in [1.165, 1.54) is 0 Å². The third-order valence-electron chi connectivity index (χ3n) is 2.45. The number of benzene rings is 2. The van der Waals surface area contributed by atoms with Gasteiger partial charge in [-0.05, 0) is 28.4 Å². The summed E-state index contributed by atoms with van der Waals surface area (Å²) in [5, 5.41) is 23.2. The quantitative estimate of drug-likeness (QED) is 0.622. The first-order valence-corrected chi connectivity index (χ1v) is 4.78. The fourth-order valence-corrected chi connectivity index (χ4v) is 1.58. The van der Waals surface area contributed by atoms with E-state index >= 15 is 0 Å². The van der Waals surface area contributed by atoms with Gasteiger partial charge in [0, 0.05) is 12.7 Å². The van der Waals surface area contributed by atoms with Crippen molar-refractivity contribution in [2.45, 2.75) is 0 Å². The van der Waals surface area contributed by atoms with Crippen LogP contribution < -0.4 is 10.8 Å². The van der Waals surface area contributed by atoms with Crippen molar-refractivity contribution in [1.29, 1.82) is 0 Å². The van der Waals surface area contributed by atoms with Crippen LogP contribution in [-0.2, 0) is 0 Å². The molecule has 2 rings (SSSR count). The predicted molar refractivity (Wildman–Crippen MR) is 63.3 cm³/mol. The molecule has 0 atom stereocenters. The maximum absolute atomic E-state index is 9.03. The zero-order valence-corrected chi connectivity index (χ0v) is 8.44. The molecule has 76 valence electrons. The second kappa shape index (κ2) is 3.92. The van der Waals surface area contributed by atoms with E-state index in [-0.39, 0.29) is 0 Å². The molecule has 4 heteroatoms. The summed E-state index contributed by atoms with van der Waals surface area (Å²) in [6, 6.07) is 11.3. The molecule has 15 heavy (non-hydrogen) atoms. The van der Waals surface area contributed by atoms with Crippen molar-refractivity contribution in [3.05, 3.63) is 36.4 Å². The van der Waals surface area contributed by atoms with Gasteiger partial charge in [0.1, 0.15) is 0 Å². The lowest BCUT2D eigenvalue weighted by Crippen LogP contribution is -2.29. The fraction of sp³-hybridized carbons (Fsp3) is 0.0909. The summed E-state index contributed by atoms with van der Waals surface area (Å²) in [6.45, 7) is 0. The Morgan fingerprint density at radius 2 is 1.67 bits per heavy atom. The van der Waals surface area contributed by atoms with Crippen molar-refractivity contribution in [2.75, 3.05) is 12.4 Å². The smallest absolute Gasteiger partial charge is 0.423 e. The summed E-state index contributed by atoms with van der Waals surface area (Å²) in [4.78, 5) is 0. The zero-order chi connectivity index (χ0) is 10.8. The third-order valence-corrected chi connectivity index (χ3v) is 2.45. The first kappa shape index (κ1) is 10.0. The van der Waals surface area contributed by atoms with Gasteiger partial charge in [-0.1, -0.05) is 24.3 Å². The molecule has 0 aliphatic rings. The molecule has 0 amide bonds. The van der Waals surface area contributed by atoms with Crippen molar-refractivity contribution in [1.82, 2.24) is 0 Å². The summed E-state index contributed by atoms with van der Waals surface area (Å²) in [5.74, 6) is 0. The number of rotatable bonds is 2. The van der Waals surface area contributed by atoms with Gasteiger partial charge in [-0.3, -0.25) is 0 Å². The molecule has 0 saturated carbocycles. The molecule has 0 bridgehead atoms. The highest BCUT2D eigenvalue weighted by Crippen LogP contribution is 2.17. The summed E-state index contributed by atoms with van der Waals surface area (Å²) < 4.78 is 0. The Balaban J connectivity index is 2.55. The lowest BCUT2D eigenvalue weighted by atomic mass is 9.79. The summed E-state index contributed by atoms with van der Waals surface area (Å²) in [5.41, 5.74) is 1.56. The van der Waals surface area contributed by atoms with E-state index in [0.717, 1.165) is 16.5 Å². The normalized spacial score (nSPS) is 10.3. The minimum Gasteiger partial charge on any atom is -0.423 e. The number of fused-ring (bicyclic) bond motifs is 1. The molecule has 0 aliphatic carbocycles. The third kappa shape index (κ3) is 1.96. The second-order valence-electron chi connectivity index (χ2n) is 3.45. The molecule has 0 unspecified atom stereocenters. The van der Waals surface area contributed by atoms with Gasteiger partial charge in [-0.2, -0.15) is 0 Å². The molecule has 3 N–H and O–H groups in total. The van der Waals surface area contributed by atoms with Crippen LogP contribution in [0.4, 0.5) is 5.69 Å². The average Bonchev–Trinajstić information content (AvgIpc) is 2.27. The standard InChI is InChI=1S/C11H12BNO2/c1-13-11-5-3-8-6-10(12(14)15)4-2-9(8)7-11/h2-7,13-15H,1H3. The summed E-state index contributed by atoms with van der Waals surface area (Å²) in [7, 11) is 0.464. The Morgan fingerprint density at radius 1 is 1.00 bits per heavy atom. The van der Waals surface area contributed by atoms with Crippen LogP contribution in [-0.4, -0.2) is 24.2 Å². The van der Waals surface area contributed by atoms with Gasteiger partial charge in [-0.15, -0.1) is 0 Å². The SMILES string of the molecule is CNc1ccc2cc(B(O)O)ccc2c1. The van der Waals surface area contributed by atoms with Crippen LogP contribution in [0.15, 0.2) is 36.4 Å². The molecule has 0 fully saturated rings. The first-order chi connectivity index (χ1) is 7.20. The van der Waals surface area contributed by atoms with E-state index in [4.69, 9.17) is 10.0 Å². The Hall–Kier alpha value is -1.52. The van der Waals surface area contributed by atoms with E-state index < -0.39 is 7.12 Å². The molecule has 0 radical (unpaired) electrons. The maximum Gasteiger partial charge on any atom is 0.488 e. The van der Waals surface area contributed by atoms with Crippen molar-refractivity contribution in [3.63, 3.8) is 0 Å². The minimum atomic E-state index is -1.40. The molecule has 0 spiro atoms. The van der Waals surface area contributed by atoms with Gasteiger partial charge in [0.05, 0.1) is 0 Å². The molecule has 0 aromatic heterocycles. The molecule has 2 aromatic rings. The molecular weight excluding hydrogens is 189 g/mol.